The lowest BCUT2D eigenvalue weighted by molar-refractivity contribution is -0.148. The number of carbonyl (C=O) groups is 2. The number of hydrogen-bond acceptors (Lipinski definition) is 4. The number of halogens is 2. The molecule has 2 rings (SSSR count). The summed E-state index contributed by atoms with van der Waals surface area (Å²) in [6.45, 7) is 10.5. The van der Waals surface area contributed by atoms with Crippen molar-refractivity contribution in [3.05, 3.63) is 59.7 Å². The van der Waals surface area contributed by atoms with Gasteiger partial charge >= 0.3 is 12.1 Å². The highest BCUT2D eigenvalue weighted by molar-refractivity contribution is 5.71. The second-order valence-electron chi connectivity index (χ2n) is 8.19. The van der Waals surface area contributed by atoms with Crippen LogP contribution in [0, 0.1) is 17.6 Å². The number of likely N-dealkylation sites (tertiary alicyclic amines) is 1. The number of hydrogen-bond donors (Lipinski definition) is 0. The van der Waals surface area contributed by atoms with E-state index in [1.807, 2.05) is 32.9 Å². The molecule has 1 aliphatic heterocycles. The Bertz CT molecular complexity index is 775. The molecule has 5 nitrogen and oxygen atoms in total. The summed E-state index contributed by atoms with van der Waals surface area (Å²) >= 11 is 0. The predicted molar refractivity (Wildman–Crippen MR) is 126 cm³/mol. The van der Waals surface area contributed by atoms with Gasteiger partial charge in [-0.25, -0.2) is 13.6 Å². The highest BCUT2D eigenvalue weighted by Gasteiger charge is 2.32. The third-order valence-corrected chi connectivity index (χ3v) is 5.31. The van der Waals surface area contributed by atoms with Gasteiger partial charge in [-0.2, -0.15) is 0 Å². The van der Waals surface area contributed by atoms with Crippen molar-refractivity contribution in [2.24, 2.45) is 5.92 Å². The van der Waals surface area contributed by atoms with Crippen molar-refractivity contribution in [1.82, 2.24) is 4.90 Å². The standard InChI is InChI=1S/C22H29F2NO4.C4H8/c1-4-5-10-28-22(27)25-8-6-16(7-9-25)20(14-21(26)29-15(2)3)17-11-18(23)13-19(24)12-17;1-3-4-2/h4-5,11-13,15-16,20H,6-10,14H2,1-3H3;3-4H,1-2H3/b5-4+;4-3-. The zero-order chi connectivity index (χ0) is 24.8. The minimum atomic E-state index is -0.674. The number of amides is 1. The third-order valence-electron chi connectivity index (χ3n) is 5.31. The molecule has 1 amide bonds. The molecule has 0 spiro atoms. The summed E-state index contributed by atoms with van der Waals surface area (Å²) in [5.74, 6) is -2.13. The Labute approximate surface area is 196 Å². The summed E-state index contributed by atoms with van der Waals surface area (Å²) in [6.07, 6.45) is 8.16. The second-order valence-corrected chi connectivity index (χ2v) is 8.19. The van der Waals surface area contributed by atoms with Crippen molar-refractivity contribution in [3.63, 3.8) is 0 Å². The number of piperidine rings is 1. The minimum absolute atomic E-state index is 0.00417. The van der Waals surface area contributed by atoms with Gasteiger partial charge in [0.1, 0.15) is 18.2 Å². The molecule has 33 heavy (non-hydrogen) atoms. The van der Waals surface area contributed by atoms with Crippen molar-refractivity contribution < 1.29 is 27.8 Å². The Morgan fingerprint density at radius 1 is 1.03 bits per heavy atom. The summed E-state index contributed by atoms with van der Waals surface area (Å²) in [4.78, 5) is 26.0. The first-order chi connectivity index (χ1) is 15.7. The number of esters is 1. The molecule has 1 saturated heterocycles. The van der Waals surface area contributed by atoms with Crippen molar-refractivity contribution in [2.75, 3.05) is 19.7 Å². The number of ether oxygens (including phenoxy) is 2. The molecule has 1 heterocycles. The number of benzene rings is 1. The highest BCUT2D eigenvalue weighted by atomic mass is 19.1. The summed E-state index contributed by atoms with van der Waals surface area (Å²) < 4.78 is 38.0. The molecule has 0 aliphatic carbocycles. The van der Waals surface area contributed by atoms with Crippen LogP contribution in [0.1, 0.15) is 65.4 Å². The Morgan fingerprint density at radius 2 is 1.61 bits per heavy atom. The summed E-state index contributed by atoms with van der Waals surface area (Å²) in [6, 6.07) is 3.36. The number of rotatable bonds is 7. The van der Waals surface area contributed by atoms with E-state index in [2.05, 4.69) is 0 Å². The Kier molecular flexibility index (Phi) is 13.0. The van der Waals surface area contributed by atoms with Crippen LogP contribution in [0.5, 0.6) is 0 Å². The SMILES string of the molecule is C/C=C/COC(=O)N1CCC(C(CC(=O)OC(C)C)c2cc(F)cc(F)c2)CC1.C/C=C\C. The Morgan fingerprint density at radius 3 is 2.09 bits per heavy atom. The fourth-order valence-electron chi connectivity index (χ4n) is 3.63. The average Bonchev–Trinajstić information content (AvgIpc) is 2.76. The third kappa shape index (κ3) is 10.6. The Hall–Kier alpha value is -2.70. The molecule has 0 saturated carbocycles. The van der Waals surface area contributed by atoms with Gasteiger partial charge in [-0.3, -0.25) is 4.79 Å². The van der Waals surface area contributed by atoms with E-state index in [1.54, 1.807) is 30.9 Å². The maximum atomic E-state index is 13.8. The monoisotopic (exact) mass is 465 g/mol. The lowest BCUT2D eigenvalue weighted by atomic mass is 9.78. The van der Waals surface area contributed by atoms with Crippen LogP contribution in [0.25, 0.3) is 0 Å². The van der Waals surface area contributed by atoms with Gasteiger partial charge in [-0.1, -0.05) is 24.3 Å². The smallest absolute Gasteiger partial charge is 0.410 e. The van der Waals surface area contributed by atoms with Crippen LogP contribution < -0.4 is 0 Å². The van der Waals surface area contributed by atoms with E-state index in [0.717, 1.165) is 6.07 Å². The fourth-order valence-corrected chi connectivity index (χ4v) is 3.63. The summed E-state index contributed by atoms with van der Waals surface area (Å²) in [5, 5.41) is 0. The number of carbonyl (C=O) groups excluding carboxylic acids is 2. The molecule has 1 aromatic carbocycles. The van der Waals surface area contributed by atoms with Gasteiger partial charge in [-0.15, -0.1) is 0 Å². The maximum Gasteiger partial charge on any atom is 0.410 e. The molecule has 1 aromatic rings. The largest absolute Gasteiger partial charge is 0.463 e. The van der Waals surface area contributed by atoms with E-state index in [0.29, 0.717) is 31.5 Å². The van der Waals surface area contributed by atoms with Gasteiger partial charge in [0.05, 0.1) is 12.5 Å². The van der Waals surface area contributed by atoms with Gasteiger partial charge in [0, 0.05) is 19.2 Å². The Balaban J connectivity index is 0.00000125. The molecule has 0 radical (unpaired) electrons. The topological polar surface area (TPSA) is 55.8 Å². The lowest BCUT2D eigenvalue weighted by Crippen LogP contribution is -2.40. The van der Waals surface area contributed by atoms with Crippen molar-refractivity contribution in [3.8, 4) is 0 Å². The first kappa shape index (κ1) is 28.3. The molecule has 1 fully saturated rings. The zero-order valence-corrected chi connectivity index (χ0v) is 20.4. The second kappa shape index (κ2) is 15.2. The molecule has 1 atom stereocenters. The van der Waals surface area contributed by atoms with Gasteiger partial charge in [-0.05, 0) is 77.0 Å². The van der Waals surface area contributed by atoms with Gasteiger partial charge in [0.15, 0.2) is 0 Å². The van der Waals surface area contributed by atoms with Crippen LogP contribution in [0.15, 0.2) is 42.5 Å². The molecule has 0 aromatic heterocycles. The van der Waals surface area contributed by atoms with Gasteiger partial charge in [0.25, 0.3) is 0 Å². The van der Waals surface area contributed by atoms with Crippen molar-refractivity contribution in [2.45, 2.75) is 65.9 Å². The van der Waals surface area contributed by atoms with Gasteiger partial charge in [0.2, 0.25) is 0 Å². The highest BCUT2D eigenvalue weighted by Crippen LogP contribution is 2.36. The van der Waals surface area contributed by atoms with Gasteiger partial charge < -0.3 is 14.4 Å². The van der Waals surface area contributed by atoms with E-state index >= 15 is 0 Å². The first-order valence-electron chi connectivity index (χ1n) is 11.5. The van der Waals surface area contributed by atoms with E-state index in [4.69, 9.17) is 9.47 Å². The molecule has 0 bridgehead atoms. The molecular formula is C26H37F2NO4. The fraction of sp³-hybridized carbons (Fsp3) is 0.538. The summed E-state index contributed by atoms with van der Waals surface area (Å²) in [7, 11) is 0. The van der Waals surface area contributed by atoms with Crippen LogP contribution in [-0.4, -0.2) is 42.8 Å². The molecular weight excluding hydrogens is 428 g/mol. The molecule has 7 heteroatoms. The van der Waals surface area contributed by atoms with Crippen molar-refractivity contribution >= 4 is 12.1 Å². The van der Waals surface area contributed by atoms with E-state index < -0.39 is 17.6 Å². The van der Waals surface area contributed by atoms with Crippen molar-refractivity contribution in [1.29, 1.82) is 0 Å². The molecule has 1 aliphatic rings. The molecule has 0 N–H and O–H groups in total. The van der Waals surface area contributed by atoms with Crippen LogP contribution in [0.3, 0.4) is 0 Å². The van der Waals surface area contributed by atoms with Crippen LogP contribution in [0.2, 0.25) is 0 Å². The van der Waals surface area contributed by atoms with E-state index in [1.165, 1.54) is 12.1 Å². The lowest BCUT2D eigenvalue weighted by Gasteiger charge is -2.35. The normalized spacial score (nSPS) is 15.5. The van der Waals surface area contributed by atoms with Crippen LogP contribution in [0.4, 0.5) is 13.6 Å². The number of allylic oxidation sites excluding steroid dienone is 3. The van der Waals surface area contributed by atoms with Crippen LogP contribution in [-0.2, 0) is 14.3 Å². The number of nitrogens with zero attached hydrogens (tertiary/aromatic N) is 1. The molecule has 184 valence electrons. The van der Waals surface area contributed by atoms with E-state index in [9.17, 15) is 18.4 Å². The quantitative estimate of drug-likeness (QED) is 0.345. The zero-order valence-electron chi connectivity index (χ0n) is 20.4. The first-order valence-corrected chi connectivity index (χ1v) is 11.5. The van der Waals surface area contributed by atoms with Crippen LogP contribution >= 0.6 is 0 Å². The average molecular weight is 466 g/mol. The minimum Gasteiger partial charge on any atom is -0.463 e. The predicted octanol–water partition coefficient (Wildman–Crippen LogP) is 6.40. The summed E-state index contributed by atoms with van der Waals surface area (Å²) in [5.41, 5.74) is 0.442. The maximum absolute atomic E-state index is 13.8. The molecule has 1 unspecified atom stereocenters. The van der Waals surface area contributed by atoms with E-state index in [-0.39, 0.29) is 37.1 Å².